The molecule has 0 aliphatic carbocycles. The number of nitrogens with two attached hydrogens (primary N) is 4. The van der Waals surface area contributed by atoms with Crippen LogP contribution in [0.5, 0.6) is 11.5 Å². The molecule has 8 aromatic carbocycles. The lowest BCUT2D eigenvalue weighted by molar-refractivity contribution is 0.414. The number of anilines is 4. The second-order valence-corrected chi connectivity index (χ2v) is 12.1. The summed E-state index contributed by atoms with van der Waals surface area (Å²) in [4.78, 5) is 0. The zero-order chi connectivity index (χ0) is 33.1. The van der Waals surface area contributed by atoms with Crippen molar-refractivity contribution in [1.82, 2.24) is 0 Å². The molecule has 8 rings (SSSR count). The molecule has 234 valence electrons. The summed E-state index contributed by atoms with van der Waals surface area (Å²) in [6.45, 7) is 0. The lowest BCUT2D eigenvalue weighted by Crippen LogP contribution is -2.03. The molecule has 0 atom stereocenters. The molecule has 0 aliphatic rings. The molecule has 48 heavy (non-hydrogen) atoms. The zero-order valence-electron chi connectivity index (χ0n) is 26.7. The van der Waals surface area contributed by atoms with Crippen molar-refractivity contribution in [3.05, 3.63) is 121 Å². The van der Waals surface area contributed by atoms with Crippen LogP contribution in [0.25, 0.3) is 76.8 Å². The van der Waals surface area contributed by atoms with Crippen LogP contribution in [0.1, 0.15) is 0 Å². The number of hydrogen-bond donors (Lipinski definition) is 4. The maximum absolute atomic E-state index is 7.32. The van der Waals surface area contributed by atoms with Crippen molar-refractivity contribution < 1.29 is 9.47 Å². The molecule has 0 radical (unpaired) electrons. The molecule has 0 aromatic heterocycles. The third kappa shape index (κ3) is 4.42. The highest BCUT2D eigenvalue weighted by Gasteiger charge is 2.28. The van der Waals surface area contributed by atoms with Gasteiger partial charge in [-0.15, -0.1) is 0 Å². The minimum Gasteiger partial charge on any atom is -0.497 e. The van der Waals surface area contributed by atoms with Gasteiger partial charge in [-0.05, 0) is 93.2 Å². The smallest absolute Gasteiger partial charge is 0.118 e. The Kier molecular flexibility index (Phi) is 6.74. The van der Waals surface area contributed by atoms with Gasteiger partial charge < -0.3 is 32.4 Å². The first-order chi connectivity index (χ1) is 23.4. The number of benzene rings is 8. The molecule has 0 fully saturated rings. The molecule has 8 aromatic rings. The standard InChI is InChI=1S/C42H34N4O2/c1-47-30-17-7-25(8-18-30)36-38(27-9-19-31(48-2)20-10-27)42(46)32-21-11-26-12-22-33(45)40-34(23-3-13-28(43)14-4-23)35(41(36)39(32)37(26)40)24-5-15-29(44)16-6-24/h3-22H,43-46H2,1-2H3. The third-order valence-electron chi connectivity index (χ3n) is 9.43. The number of methoxy groups -OCH3 is 2. The molecular weight excluding hydrogens is 592 g/mol. The highest BCUT2D eigenvalue weighted by atomic mass is 16.5. The average Bonchev–Trinajstić information content (AvgIpc) is 3.12. The summed E-state index contributed by atoms with van der Waals surface area (Å²) in [6.07, 6.45) is 0. The van der Waals surface area contributed by atoms with Gasteiger partial charge in [0.15, 0.2) is 0 Å². The van der Waals surface area contributed by atoms with Gasteiger partial charge in [-0.1, -0.05) is 66.7 Å². The molecule has 0 saturated carbocycles. The normalized spacial score (nSPS) is 11.5. The lowest BCUT2D eigenvalue weighted by Gasteiger charge is -2.27. The molecular formula is C42H34N4O2. The Morgan fingerprint density at radius 1 is 0.375 bits per heavy atom. The van der Waals surface area contributed by atoms with Crippen LogP contribution in [0, 0.1) is 0 Å². The summed E-state index contributed by atoms with van der Waals surface area (Å²) in [5.41, 5.74) is 37.5. The average molecular weight is 627 g/mol. The molecule has 0 amide bonds. The first-order valence-corrected chi connectivity index (χ1v) is 15.7. The predicted molar refractivity (Wildman–Crippen MR) is 203 cm³/mol. The van der Waals surface area contributed by atoms with Crippen LogP contribution in [0.4, 0.5) is 22.7 Å². The molecule has 6 heteroatoms. The van der Waals surface area contributed by atoms with E-state index in [0.717, 1.165) is 88.3 Å². The Bertz CT molecular complexity index is 2470. The minimum absolute atomic E-state index is 0.683. The second kappa shape index (κ2) is 11.1. The van der Waals surface area contributed by atoms with Gasteiger partial charge >= 0.3 is 0 Å². The van der Waals surface area contributed by atoms with E-state index in [4.69, 9.17) is 32.4 Å². The first kappa shape index (κ1) is 29.0. The molecule has 8 N–H and O–H groups in total. The van der Waals surface area contributed by atoms with E-state index >= 15 is 0 Å². The quantitative estimate of drug-likeness (QED) is 0.108. The van der Waals surface area contributed by atoms with Crippen molar-refractivity contribution >= 4 is 55.1 Å². The highest BCUT2D eigenvalue weighted by Crippen LogP contribution is 2.56. The molecule has 0 heterocycles. The fraction of sp³-hybridized carbons (Fsp3) is 0.0476. The van der Waals surface area contributed by atoms with Crippen LogP contribution in [-0.2, 0) is 0 Å². The second-order valence-electron chi connectivity index (χ2n) is 12.1. The van der Waals surface area contributed by atoms with Crippen LogP contribution in [-0.4, -0.2) is 14.2 Å². The van der Waals surface area contributed by atoms with Crippen LogP contribution in [0.3, 0.4) is 0 Å². The minimum atomic E-state index is 0.683. The van der Waals surface area contributed by atoms with Gasteiger partial charge in [0.1, 0.15) is 11.5 Å². The van der Waals surface area contributed by atoms with E-state index in [9.17, 15) is 0 Å². The van der Waals surface area contributed by atoms with Crippen LogP contribution in [0.15, 0.2) is 121 Å². The van der Waals surface area contributed by atoms with Gasteiger partial charge in [0.05, 0.1) is 14.2 Å². The summed E-state index contributed by atoms with van der Waals surface area (Å²) >= 11 is 0. The molecule has 0 saturated heterocycles. The van der Waals surface area contributed by atoms with E-state index < -0.39 is 0 Å². The summed E-state index contributed by atoms with van der Waals surface area (Å²) in [7, 11) is 3.34. The Labute approximate surface area is 278 Å². The predicted octanol–water partition coefficient (Wildman–Crippen LogP) is 9.60. The van der Waals surface area contributed by atoms with E-state index in [-0.39, 0.29) is 0 Å². The first-order valence-electron chi connectivity index (χ1n) is 15.7. The van der Waals surface area contributed by atoms with Crippen molar-refractivity contribution in [3.8, 4) is 56.0 Å². The molecule has 6 nitrogen and oxygen atoms in total. The topological polar surface area (TPSA) is 123 Å². The summed E-state index contributed by atoms with van der Waals surface area (Å²) < 4.78 is 11.1. The number of nitrogen functional groups attached to an aromatic ring is 4. The summed E-state index contributed by atoms with van der Waals surface area (Å²) in [5.74, 6) is 1.54. The van der Waals surface area contributed by atoms with E-state index in [2.05, 4.69) is 66.7 Å². The van der Waals surface area contributed by atoms with E-state index in [1.165, 1.54) is 0 Å². The third-order valence-corrected chi connectivity index (χ3v) is 9.43. The van der Waals surface area contributed by atoms with Crippen molar-refractivity contribution in [2.24, 2.45) is 0 Å². The van der Waals surface area contributed by atoms with Gasteiger partial charge in [-0.25, -0.2) is 0 Å². The van der Waals surface area contributed by atoms with Crippen LogP contribution < -0.4 is 32.4 Å². The highest BCUT2D eigenvalue weighted by molar-refractivity contribution is 6.38. The Morgan fingerprint density at radius 3 is 1.29 bits per heavy atom. The molecule has 0 bridgehead atoms. The number of ether oxygens (including phenoxy) is 2. The Hall–Kier alpha value is -6.40. The molecule has 0 aliphatic heterocycles. The Balaban J connectivity index is 1.70. The van der Waals surface area contributed by atoms with Gasteiger partial charge in [-0.2, -0.15) is 0 Å². The fourth-order valence-electron chi connectivity index (χ4n) is 7.19. The van der Waals surface area contributed by atoms with Crippen molar-refractivity contribution in [2.75, 3.05) is 37.2 Å². The van der Waals surface area contributed by atoms with Gasteiger partial charge in [0, 0.05) is 61.0 Å². The fourth-order valence-corrected chi connectivity index (χ4v) is 7.19. The van der Waals surface area contributed by atoms with E-state index in [0.29, 0.717) is 22.7 Å². The van der Waals surface area contributed by atoms with Gasteiger partial charge in [-0.3, -0.25) is 0 Å². The number of rotatable bonds is 6. The van der Waals surface area contributed by atoms with Crippen molar-refractivity contribution in [2.45, 2.75) is 0 Å². The zero-order valence-corrected chi connectivity index (χ0v) is 26.7. The number of hydrogen-bond acceptors (Lipinski definition) is 6. The maximum atomic E-state index is 7.32. The van der Waals surface area contributed by atoms with Gasteiger partial charge in [0.25, 0.3) is 0 Å². The monoisotopic (exact) mass is 626 g/mol. The van der Waals surface area contributed by atoms with Gasteiger partial charge in [0.2, 0.25) is 0 Å². The Morgan fingerprint density at radius 2 is 0.792 bits per heavy atom. The molecule has 0 unspecified atom stereocenters. The molecule has 0 spiro atoms. The SMILES string of the molecule is COc1ccc(-c2c(N)c3ccc4ccc(N)c5c(-c6ccc(N)cc6)c(-c6ccc(N)cc6)c(c2-c2ccc(OC)cc2)c3c45)cc1. The summed E-state index contributed by atoms with van der Waals surface area (Å²) in [5, 5.41) is 6.19. The largest absolute Gasteiger partial charge is 0.497 e. The van der Waals surface area contributed by atoms with Crippen LogP contribution in [0.2, 0.25) is 0 Å². The van der Waals surface area contributed by atoms with Crippen molar-refractivity contribution in [1.29, 1.82) is 0 Å². The van der Waals surface area contributed by atoms with E-state index in [1.807, 2.05) is 54.6 Å². The maximum Gasteiger partial charge on any atom is 0.118 e. The lowest BCUT2D eigenvalue weighted by atomic mass is 9.77. The van der Waals surface area contributed by atoms with E-state index in [1.54, 1.807) is 14.2 Å². The van der Waals surface area contributed by atoms with Crippen molar-refractivity contribution in [3.63, 3.8) is 0 Å². The van der Waals surface area contributed by atoms with Crippen LogP contribution >= 0.6 is 0 Å². The summed E-state index contributed by atoms with van der Waals surface area (Å²) in [6, 6.07) is 40.7.